The lowest BCUT2D eigenvalue weighted by molar-refractivity contribution is -0.385. The molecule has 0 aliphatic carbocycles. The van der Waals surface area contributed by atoms with Gasteiger partial charge < -0.3 is 14.2 Å². The average Bonchev–Trinajstić information content (AvgIpc) is 3.03. The fourth-order valence-corrected chi connectivity index (χ4v) is 4.41. The van der Waals surface area contributed by atoms with E-state index in [1.54, 1.807) is 30.3 Å². The van der Waals surface area contributed by atoms with Crippen molar-refractivity contribution in [2.75, 3.05) is 20.3 Å². The van der Waals surface area contributed by atoms with Crippen molar-refractivity contribution in [2.45, 2.75) is 45.1 Å². The highest BCUT2D eigenvalue weighted by Gasteiger charge is 2.22. The second-order valence-corrected chi connectivity index (χ2v) is 10.2. The molecule has 0 unspecified atom stereocenters. The fourth-order valence-electron chi connectivity index (χ4n) is 4.41. The second kappa shape index (κ2) is 17.9. The molecule has 0 aromatic heterocycles. The van der Waals surface area contributed by atoms with E-state index < -0.39 is 21.7 Å². The summed E-state index contributed by atoms with van der Waals surface area (Å²) in [5.41, 5.74) is 3.37. The number of carbonyl (C=O) groups excluding carboxylic acids is 2. The van der Waals surface area contributed by atoms with Crippen LogP contribution in [0.3, 0.4) is 0 Å². The summed E-state index contributed by atoms with van der Waals surface area (Å²) in [6.45, 7) is 1.37. The molecule has 0 fully saturated rings. The number of hydrogen-bond acceptors (Lipinski definition) is 9. The summed E-state index contributed by atoms with van der Waals surface area (Å²) >= 11 is 0. The van der Waals surface area contributed by atoms with E-state index in [1.807, 2.05) is 24.3 Å². The summed E-state index contributed by atoms with van der Waals surface area (Å²) in [6, 6.07) is 19.8. The van der Waals surface area contributed by atoms with Gasteiger partial charge in [0.05, 0.1) is 36.1 Å². The van der Waals surface area contributed by atoms with Crippen LogP contribution in [0.4, 0.5) is 11.4 Å². The molecule has 0 saturated carbocycles. The molecule has 44 heavy (non-hydrogen) atoms. The lowest BCUT2D eigenvalue weighted by Gasteiger charge is -2.16. The number of methoxy groups -OCH3 is 1. The third-order valence-corrected chi connectivity index (χ3v) is 6.88. The summed E-state index contributed by atoms with van der Waals surface area (Å²) in [5.74, 6) is -1.33. The third kappa shape index (κ3) is 11.8. The maximum Gasteiger partial charge on any atom is 0.330 e. The predicted octanol–water partition coefficient (Wildman–Crippen LogP) is 6.41. The van der Waals surface area contributed by atoms with Gasteiger partial charge in [0, 0.05) is 36.9 Å². The van der Waals surface area contributed by atoms with Gasteiger partial charge in [0.15, 0.2) is 0 Å². The zero-order valence-electron chi connectivity index (χ0n) is 24.6. The van der Waals surface area contributed by atoms with Gasteiger partial charge in [0.2, 0.25) is 0 Å². The molecule has 0 N–H and O–H groups in total. The van der Waals surface area contributed by atoms with E-state index in [2.05, 4.69) is 4.74 Å². The van der Waals surface area contributed by atoms with E-state index >= 15 is 0 Å². The van der Waals surface area contributed by atoms with E-state index in [0.29, 0.717) is 32.5 Å². The monoisotopic (exact) mass is 604 g/mol. The standard InChI is InChI=1S/C33H36N2O9/c1-42-32(36)19-14-25-6-8-28(9-7-25)24-43-20-4-2-3-5-21-44-33(37)29(22-26-10-15-30(16-11-26)34(38)39)23-27-12-17-31(18-13-27)35(40)41/h6-19,29H,2-5,20-24H2,1H3/b19-14+. The van der Waals surface area contributed by atoms with E-state index in [0.717, 1.165) is 41.5 Å². The summed E-state index contributed by atoms with van der Waals surface area (Å²) in [7, 11) is 1.33. The van der Waals surface area contributed by atoms with Gasteiger partial charge in [-0.15, -0.1) is 0 Å². The number of esters is 2. The van der Waals surface area contributed by atoms with Crippen LogP contribution in [-0.2, 0) is 43.2 Å². The van der Waals surface area contributed by atoms with Crippen molar-refractivity contribution in [1.29, 1.82) is 0 Å². The molecule has 3 aromatic carbocycles. The minimum absolute atomic E-state index is 0.0333. The molecular formula is C33H36N2O9. The van der Waals surface area contributed by atoms with Crippen molar-refractivity contribution in [3.05, 3.63) is 121 Å². The summed E-state index contributed by atoms with van der Waals surface area (Å²) in [5, 5.41) is 22.0. The van der Waals surface area contributed by atoms with Crippen molar-refractivity contribution < 1.29 is 33.6 Å². The van der Waals surface area contributed by atoms with Crippen LogP contribution in [0.2, 0.25) is 0 Å². The first-order chi connectivity index (χ1) is 21.2. The summed E-state index contributed by atoms with van der Waals surface area (Å²) in [6.07, 6.45) is 7.05. The molecule has 0 aliphatic heterocycles. The van der Waals surface area contributed by atoms with Crippen molar-refractivity contribution in [2.24, 2.45) is 5.92 Å². The molecule has 0 aliphatic rings. The Morgan fingerprint density at radius 1 is 0.727 bits per heavy atom. The van der Waals surface area contributed by atoms with Gasteiger partial charge in [-0.25, -0.2) is 4.79 Å². The highest BCUT2D eigenvalue weighted by molar-refractivity contribution is 5.86. The largest absolute Gasteiger partial charge is 0.466 e. The topological polar surface area (TPSA) is 148 Å². The molecule has 0 heterocycles. The van der Waals surface area contributed by atoms with Gasteiger partial charge >= 0.3 is 11.9 Å². The molecule has 0 atom stereocenters. The zero-order valence-corrected chi connectivity index (χ0v) is 24.6. The number of rotatable bonds is 18. The lowest BCUT2D eigenvalue weighted by atomic mass is 9.92. The highest BCUT2D eigenvalue weighted by atomic mass is 16.6. The SMILES string of the molecule is COC(=O)/C=C/c1ccc(COCCCCCCOC(=O)C(Cc2ccc([N+](=O)[O-])cc2)Cc2ccc([N+](=O)[O-])cc2)cc1. The Morgan fingerprint density at radius 2 is 1.23 bits per heavy atom. The second-order valence-electron chi connectivity index (χ2n) is 10.2. The Hall–Kier alpha value is -4.90. The number of ether oxygens (including phenoxy) is 3. The number of hydrogen-bond donors (Lipinski definition) is 0. The van der Waals surface area contributed by atoms with Gasteiger partial charge in [-0.3, -0.25) is 25.0 Å². The fraction of sp³-hybridized carbons (Fsp3) is 0.333. The van der Waals surface area contributed by atoms with Crippen molar-refractivity contribution in [3.8, 4) is 0 Å². The normalized spacial score (nSPS) is 11.0. The Bertz CT molecular complexity index is 1340. The van der Waals surface area contributed by atoms with Gasteiger partial charge in [-0.1, -0.05) is 55.0 Å². The minimum Gasteiger partial charge on any atom is -0.466 e. The van der Waals surface area contributed by atoms with Crippen molar-refractivity contribution in [3.63, 3.8) is 0 Å². The van der Waals surface area contributed by atoms with Crippen LogP contribution in [0.1, 0.15) is 47.9 Å². The maximum absolute atomic E-state index is 13.0. The zero-order chi connectivity index (χ0) is 31.7. The van der Waals surface area contributed by atoms with Crippen molar-refractivity contribution in [1.82, 2.24) is 0 Å². The van der Waals surface area contributed by atoms with Gasteiger partial charge in [-0.2, -0.15) is 0 Å². The number of nitrogens with zero attached hydrogens (tertiary/aromatic N) is 2. The summed E-state index contributed by atoms with van der Waals surface area (Å²) < 4.78 is 15.9. The molecule has 0 spiro atoms. The van der Waals surface area contributed by atoms with Crippen molar-refractivity contribution >= 4 is 29.4 Å². The molecular weight excluding hydrogens is 568 g/mol. The number of non-ortho nitro benzene ring substituents is 2. The molecule has 11 heteroatoms. The van der Waals surface area contributed by atoms with E-state index in [-0.39, 0.29) is 24.0 Å². The number of benzene rings is 3. The van der Waals surface area contributed by atoms with E-state index in [4.69, 9.17) is 9.47 Å². The Morgan fingerprint density at radius 3 is 1.73 bits per heavy atom. The quantitative estimate of drug-likeness (QED) is 0.0528. The number of nitro groups is 2. The third-order valence-electron chi connectivity index (χ3n) is 6.88. The molecule has 232 valence electrons. The van der Waals surface area contributed by atoms with Crippen LogP contribution in [0.5, 0.6) is 0 Å². The molecule has 0 saturated heterocycles. The first-order valence-corrected chi connectivity index (χ1v) is 14.3. The van der Waals surface area contributed by atoms with Gasteiger partial charge in [-0.05, 0) is 60.4 Å². The predicted molar refractivity (Wildman–Crippen MR) is 164 cm³/mol. The van der Waals surface area contributed by atoms with Crippen LogP contribution >= 0.6 is 0 Å². The molecule has 0 amide bonds. The number of unbranched alkanes of at least 4 members (excludes halogenated alkanes) is 3. The van der Waals surface area contributed by atoms with Gasteiger partial charge in [0.1, 0.15) is 0 Å². The number of nitro benzene ring substituents is 2. The minimum atomic E-state index is -0.552. The maximum atomic E-state index is 13.0. The molecule has 0 radical (unpaired) electrons. The van der Waals surface area contributed by atoms with Gasteiger partial charge in [0.25, 0.3) is 11.4 Å². The van der Waals surface area contributed by atoms with Crippen LogP contribution in [-0.4, -0.2) is 42.1 Å². The molecule has 3 aromatic rings. The average molecular weight is 605 g/mol. The number of carbonyl (C=O) groups is 2. The lowest BCUT2D eigenvalue weighted by Crippen LogP contribution is -2.23. The van der Waals surface area contributed by atoms with E-state index in [1.165, 1.54) is 37.5 Å². The summed E-state index contributed by atoms with van der Waals surface area (Å²) in [4.78, 5) is 45.2. The smallest absolute Gasteiger partial charge is 0.330 e. The Kier molecular flexibility index (Phi) is 13.7. The van der Waals surface area contributed by atoms with Crippen LogP contribution in [0, 0.1) is 26.1 Å². The van der Waals surface area contributed by atoms with Crippen LogP contribution in [0.15, 0.2) is 78.9 Å². The van der Waals surface area contributed by atoms with E-state index in [9.17, 15) is 29.8 Å². The molecule has 0 bridgehead atoms. The van der Waals surface area contributed by atoms with Crippen LogP contribution in [0.25, 0.3) is 6.08 Å². The first kappa shape index (κ1) is 33.6. The Balaban J connectivity index is 1.39. The first-order valence-electron chi connectivity index (χ1n) is 14.3. The molecule has 11 nitrogen and oxygen atoms in total. The van der Waals surface area contributed by atoms with Crippen LogP contribution < -0.4 is 0 Å². The highest BCUT2D eigenvalue weighted by Crippen LogP contribution is 2.21. The molecule has 3 rings (SSSR count). The Labute approximate surface area is 255 Å².